The average Bonchev–Trinajstić information content (AvgIpc) is 2.48. The third-order valence-electron chi connectivity index (χ3n) is 3.80. The van der Waals surface area contributed by atoms with Crippen LogP contribution in [-0.4, -0.2) is 44.6 Å². The minimum absolute atomic E-state index is 0.120. The molecule has 0 radical (unpaired) electrons. The molecular formula is C14H22N2O3S. The number of nitrogens with one attached hydrogen (secondary N) is 1. The molecule has 1 aliphatic heterocycles. The molecule has 0 bridgehead atoms. The van der Waals surface area contributed by atoms with Gasteiger partial charge in [0, 0.05) is 32.4 Å². The second-order valence-corrected chi connectivity index (χ2v) is 7.10. The van der Waals surface area contributed by atoms with Gasteiger partial charge in [0.1, 0.15) is 0 Å². The zero-order chi connectivity index (χ0) is 14.6. The molecule has 0 spiro atoms. The van der Waals surface area contributed by atoms with Gasteiger partial charge in [-0.05, 0) is 49.4 Å². The maximum absolute atomic E-state index is 12.6. The van der Waals surface area contributed by atoms with Crippen LogP contribution < -0.4 is 5.32 Å². The zero-order valence-electron chi connectivity index (χ0n) is 11.7. The maximum Gasteiger partial charge on any atom is 0.243 e. The van der Waals surface area contributed by atoms with Crippen LogP contribution in [0.1, 0.15) is 19.3 Å². The van der Waals surface area contributed by atoms with E-state index in [1.165, 1.54) is 0 Å². The molecule has 1 unspecified atom stereocenters. The van der Waals surface area contributed by atoms with Crippen LogP contribution in [0.25, 0.3) is 0 Å². The van der Waals surface area contributed by atoms with Crippen LogP contribution in [0.15, 0.2) is 29.2 Å². The van der Waals surface area contributed by atoms with E-state index in [9.17, 15) is 8.42 Å². The Labute approximate surface area is 120 Å². The first-order valence-corrected chi connectivity index (χ1v) is 8.40. The Morgan fingerprint density at radius 2 is 2.05 bits per heavy atom. The molecular weight excluding hydrogens is 276 g/mol. The molecule has 1 atom stereocenters. The van der Waals surface area contributed by atoms with Crippen molar-refractivity contribution in [1.29, 1.82) is 0 Å². The van der Waals surface area contributed by atoms with Gasteiger partial charge in [-0.3, -0.25) is 0 Å². The van der Waals surface area contributed by atoms with E-state index in [-0.39, 0.29) is 12.5 Å². The predicted molar refractivity (Wildman–Crippen MR) is 79.2 cm³/mol. The maximum atomic E-state index is 12.6. The largest absolute Gasteiger partial charge is 0.396 e. The molecule has 1 saturated heterocycles. The summed E-state index contributed by atoms with van der Waals surface area (Å²) in [5, 5.41) is 12.0. The molecule has 1 aromatic rings. The topological polar surface area (TPSA) is 69.6 Å². The number of sulfonamides is 1. The summed E-state index contributed by atoms with van der Waals surface area (Å²) >= 11 is 0. The molecule has 1 heterocycles. The third-order valence-corrected chi connectivity index (χ3v) is 5.68. The Hall–Kier alpha value is -1.11. The fraction of sp³-hybridized carbons (Fsp3) is 0.571. The number of aliphatic hydroxyl groups excluding tert-OH is 1. The Morgan fingerprint density at radius 3 is 2.65 bits per heavy atom. The Kier molecular flexibility index (Phi) is 5.01. The number of rotatable bonds is 5. The molecule has 2 N–H and O–H groups in total. The molecule has 112 valence electrons. The van der Waals surface area contributed by atoms with Gasteiger partial charge in [-0.25, -0.2) is 8.42 Å². The van der Waals surface area contributed by atoms with E-state index in [2.05, 4.69) is 5.32 Å². The molecule has 1 fully saturated rings. The average molecular weight is 298 g/mol. The summed E-state index contributed by atoms with van der Waals surface area (Å²) in [5.41, 5.74) is 0.890. The summed E-state index contributed by atoms with van der Waals surface area (Å²) in [5.74, 6) is 0.264. The van der Waals surface area contributed by atoms with Crippen LogP contribution in [0.5, 0.6) is 0 Å². The van der Waals surface area contributed by atoms with E-state index in [1.807, 2.05) is 0 Å². The van der Waals surface area contributed by atoms with Gasteiger partial charge < -0.3 is 10.4 Å². The third kappa shape index (κ3) is 3.31. The Bertz CT molecular complexity index is 526. The second kappa shape index (κ2) is 6.56. The van der Waals surface area contributed by atoms with E-state index in [0.29, 0.717) is 24.4 Å². The van der Waals surface area contributed by atoms with Crippen LogP contribution in [0.2, 0.25) is 0 Å². The number of piperidine rings is 1. The summed E-state index contributed by atoms with van der Waals surface area (Å²) in [6, 6.07) is 6.80. The Balaban J connectivity index is 2.16. The summed E-state index contributed by atoms with van der Waals surface area (Å²) in [4.78, 5) is 0.334. The van der Waals surface area contributed by atoms with Crippen molar-refractivity contribution in [3.05, 3.63) is 24.3 Å². The molecule has 0 amide bonds. The molecule has 1 aromatic carbocycles. The van der Waals surface area contributed by atoms with Crippen LogP contribution >= 0.6 is 0 Å². The first-order chi connectivity index (χ1) is 9.57. The van der Waals surface area contributed by atoms with Crippen molar-refractivity contribution < 1.29 is 13.5 Å². The van der Waals surface area contributed by atoms with E-state index >= 15 is 0 Å². The highest BCUT2D eigenvalue weighted by molar-refractivity contribution is 7.89. The molecule has 5 nitrogen and oxygen atoms in total. The minimum atomic E-state index is -3.41. The van der Waals surface area contributed by atoms with Crippen LogP contribution in [0.3, 0.4) is 0 Å². The van der Waals surface area contributed by atoms with Crippen LogP contribution in [-0.2, 0) is 10.0 Å². The summed E-state index contributed by atoms with van der Waals surface area (Å²) in [6.45, 7) is 1.20. The van der Waals surface area contributed by atoms with Gasteiger partial charge in [0.05, 0.1) is 4.90 Å². The number of aliphatic hydroxyl groups is 1. The van der Waals surface area contributed by atoms with Crippen molar-refractivity contribution in [2.45, 2.75) is 24.2 Å². The standard InChI is InChI=1S/C14H22N2O3S/c1-15-13-4-6-14(7-5-13)20(18,19)16-9-2-3-12(11-16)8-10-17/h4-7,12,15,17H,2-3,8-11H2,1H3. The lowest BCUT2D eigenvalue weighted by atomic mass is 9.97. The quantitative estimate of drug-likeness (QED) is 0.864. The molecule has 2 rings (SSSR count). The molecule has 6 heteroatoms. The van der Waals surface area contributed by atoms with Gasteiger partial charge in [-0.15, -0.1) is 0 Å². The lowest BCUT2D eigenvalue weighted by molar-refractivity contribution is 0.203. The van der Waals surface area contributed by atoms with E-state index < -0.39 is 10.0 Å². The van der Waals surface area contributed by atoms with Gasteiger partial charge in [0.25, 0.3) is 0 Å². The van der Waals surface area contributed by atoms with Crippen molar-refractivity contribution in [3.8, 4) is 0 Å². The van der Waals surface area contributed by atoms with Crippen molar-refractivity contribution >= 4 is 15.7 Å². The fourth-order valence-corrected chi connectivity index (χ4v) is 4.16. The predicted octanol–water partition coefficient (Wildman–Crippen LogP) is 1.51. The fourth-order valence-electron chi connectivity index (χ4n) is 2.61. The number of hydrogen-bond acceptors (Lipinski definition) is 4. The van der Waals surface area contributed by atoms with Gasteiger partial charge in [-0.1, -0.05) is 0 Å². The normalized spacial score (nSPS) is 20.8. The summed E-state index contributed by atoms with van der Waals surface area (Å²) in [7, 11) is -1.62. The van der Waals surface area contributed by atoms with Crippen LogP contribution in [0.4, 0.5) is 5.69 Å². The van der Waals surface area contributed by atoms with Crippen molar-refractivity contribution in [2.24, 2.45) is 5.92 Å². The highest BCUT2D eigenvalue weighted by Crippen LogP contribution is 2.25. The number of nitrogens with zero attached hydrogens (tertiary/aromatic N) is 1. The lowest BCUT2D eigenvalue weighted by Crippen LogP contribution is -2.40. The van der Waals surface area contributed by atoms with Crippen molar-refractivity contribution in [1.82, 2.24) is 4.31 Å². The molecule has 1 aliphatic rings. The zero-order valence-corrected chi connectivity index (χ0v) is 12.6. The summed E-state index contributed by atoms with van der Waals surface area (Å²) in [6.07, 6.45) is 2.52. The molecule has 0 saturated carbocycles. The number of benzene rings is 1. The SMILES string of the molecule is CNc1ccc(S(=O)(=O)N2CCCC(CCO)C2)cc1. The van der Waals surface area contributed by atoms with E-state index in [1.54, 1.807) is 35.6 Å². The first-order valence-electron chi connectivity index (χ1n) is 6.96. The van der Waals surface area contributed by atoms with Gasteiger partial charge in [0.15, 0.2) is 0 Å². The monoisotopic (exact) mass is 298 g/mol. The number of anilines is 1. The minimum Gasteiger partial charge on any atom is -0.396 e. The van der Waals surface area contributed by atoms with Gasteiger partial charge in [0.2, 0.25) is 10.0 Å². The smallest absolute Gasteiger partial charge is 0.243 e. The Morgan fingerprint density at radius 1 is 1.35 bits per heavy atom. The van der Waals surface area contributed by atoms with Gasteiger partial charge >= 0.3 is 0 Å². The van der Waals surface area contributed by atoms with E-state index in [0.717, 1.165) is 18.5 Å². The summed E-state index contributed by atoms with van der Waals surface area (Å²) < 4.78 is 26.7. The molecule has 20 heavy (non-hydrogen) atoms. The number of hydrogen-bond donors (Lipinski definition) is 2. The van der Waals surface area contributed by atoms with Gasteiger partial charge in [-0.2, -0.15) is 4.31 Å². The van der Waals surface area contributed by atoms with Crippen molar-refractivity contribution in [3.63, 3.8) is 0 Å². The highest BCUT2D eigenvalue weighted by atomic mass is 32.2. The van der Waals surface area contributed by atoms with Crippen molar-refractivity contribution in [2.75, 3.05) is 32.1 Å². The van der Waals surface area contributed by atoms with Crippen LogP contribution in [0, 0.1) is 5.92 Å². The molecule has 0 aliphatic carbocycles. The lowest BCUT2D eigenvalue weighted by Gasteiger charge is -2.31. The van der Waals surface area contributed by atoms with E-state index in [4.69, 9.17) is 5.11 Å². The highest BCUT2D eigenvalue weighted by Gasteiger charge is 2.29. The first kappa shape index (κ1) is 15.3. The molecule has 0 aromatic heterocycles. The second-order valence-electron chi connectivity index (χ2n) is 5.16.